The molecule has 0 aliphatic carbocycles. The van der Waals surface area contributed by atoms with Gasteiger partial charge >= 0.3 is 5.97 Å². The van der Waals surface area contributed by atoms with E-state index in [9.17, 15) is 9.59 Å². The number of benzene rings is 1. The lowest BCUT2D eigenvalue weighted by Gasteiger charge is -2.06. The van der Waals surface area contributed by atoms with Crippen LogP contribution in [0.5, 0.6) is 0 Å². The molecule has 1 aromatic carbocycles. The minimum absolute atomic E-state index is 0.0741. The SMILES string of the molecule is CCn1c(SCC(=O)OCC(=O)c2ccccc2)nnc1-c1cccs1. The number of thiophene rings is 1. The van der Waals surface area contributed by atoms with Crippen LogP contribution in [-0.4, -0.2) is 38.9 Å². The molecule has 26 heavy (non-hydrogen) atoms. The van der Waals surface area contributed by atoms with Crippen molar-refractivity contribution in [3.05, 3.63) is 53.4 Å². The predicted octanol–water partition coefficient (Wildman–Crippen LogP) is 3.54. The van der Waals surface area contributed by atoms with Crippen molar-refractivity contribution in [2.45, 2.75) is 18.6 Å². The predicted molar refractivity (Wildman–Crippen MR) is 101 cm³/mol. The average molecular weight is 387 g/mol. The van der Waals surface area contributed by atoms with Crippen LogP contribution in [0.1, 0.15) is 17.3 Å². The molecular formula is C18H17N3O3S2. The van der Waals surface area contributed by atoms with Gasteiger partial charge in [-0.2, -0.15) is 0 Å². The summed E-state index contributed by atoms with van der Waals surface area (Å²) in [6.45, 7) is 2.44. The molecule has 0 fully saturated rings. The summed E-state index contributed by atoms with van der Waals surface area (Å²) < 4.78 is 7.03. The van der Waals surface area contributed by atoms with Crippen molar-refractivity contribution >= 4 is 34.9 Å². The van der Waals surface area contributed by atoms with Crippen LogP contribution in [0.25, 0.3) is 10.7 Å². The molecule has 0 spiro atoms. The van der Waals surface area contributed by atoms with Crippen molar-refractivity contribution in [2.24, 2.45) is 0 Å². The molecule has 6 nitrogen and oxygen atoms in total. The van der Waals surface area contributed by atoms with Gasteiger partial charge in [-0.25, -0.2) is 0 Å². The van der Waals surface area contributed by atoms with E-state index in [1.165, 1.54) is 11.8 Å². The van der Waals surface area contributed by atoms with Gasteiger partial charge < -0.3 is 9.30 Å². The first-order valence-corrected chi connectivity index (χ1v) is 9.89. The van der Waals surface area contributed by atoms with Crippen molar-refractivity contribution in [3.63, 3.8) is 0 Å². The molecule has 0 N–H and O–H groups in total. The maximum atomic E-state index is 11.9. The Morgan fingerprint density at radius 1 is 1.15 bits per heavy atom. The summed E-state index contributed by atoms with van der Waals surface area (Å²) in [6.07, 6.45) is 0. The number of hydrogen-bond donors (Lipinski definition) is 0. The Bertz CT molecular complexity index is 876. The molecule has 2 heterocycles. The van der Waals surface area contributed by atoms with Gasteiger partial charge in [0.25, 0.3) is 0 Å². The number of ether oxygens (including phenoxy) is 1. The van der Waals surface area contributed by atoms with Gasteiger partial charge in [0, 0.05) is 12.1 Å². The Labute approximate surface area is 159 Å². The Balaban J connectivity index is 1.54. The molecular weight excluding hydrogens is 370 g/mol. The summed E-state index contributed by atoms with van der Waals surface area (Å²) in [6, 6.07) is 12.7. The number of carbonyl (C=O) groups is 2. The van der Waals surface area contributed by atoms with Gasteiger partial charge in [0.2, 0.25) is 0 Å². The quantitative estimate of drug-likeness (QED) is 0.334. The van der Waals surface area contributed by atoms with E-state index in [4.69, 9.17) is 4.74 Å². The van der Waals surface area contributed by atoms with Crippen molar-refractivity contribution in [2.75, 3.05) is 12.4 Å². The van der Waals surface area contributed by atoms with Gasteiger partial charge in [-0.15, -0.1) is 21.5 Å². The number of carbonyl (C=O) groups excluding carboxylic acids is 2. The van der Waals surface area contributed by atoms with Gasteiger partial charge in [0.15, 0.2) is 23.4 Å². The summed E-state index contributed by atoms with van der Waals surface area (Å²) in [7, 11) is 0. The van der Waals surface area contributed by atoms with E-state index in [-0.39, 0.29) is 18.1 Å². The van der Waals surface area contributed by atoms with Crippen molar-refractivity contribution in [3.8, 4) is 10.7 Å². The lowest BCUT2D eigenvalue weighted by molar-refractivity contribution is -0.139. The number of aromatic nitrogens is 3. The molecule has 2 aromatic heterocycles. The lowest BCUT2D eigenvalue weighted by atomic mass is 10.1. The molecule has 0 saturated carbocycles. The molecule has 0 bridgehead atoms. The van der Waals surface area contributed by atoms with Crippen LogP contribution in [0.3, 0.4) is 0 Å². The Morgan fingerprint density at radius 3 is 2.65 bits per heavy atom. The molecule has 0 amide bonds. The van der Waals surface area contributed by atoms with E-state index in [0.29, 0.717) is 17.3 Å². The second-order valence-electron chi connectivity index (χ2n) is 5.27. The average Bonchev–Trinajstić information content (AvgIpc) is 3.34. The molecule has 0 saturated heterocycles. The van der Waals surface area contributed by atoms with Gasteiger partial charge in [-0.05, 0) is 18.4 Å². The Kier molecular flexibility index (Phi) is 6.19. The van der Waals surface area contributed by atoms with Crippen LogP contribution in [0, 0.1) is 0 Å². The van der Waals surface area contributed by atoms with Crippen LogP contribution < -0.4 is 0 Å². The zero-order valence-electron chi connectivity index (χ0n) is 14.1. The van der Waals surface area contributed by atoms with E-state index in [1.54, 1.807) is 35.6 Å². The first-order valence-electron chi connectivity index (χ1n) is 8.02. The molecule has 3 aromatic rings. The second kappa shape index (κ2) is 8.77. The highest BCUT2D eigenvalue weighted by atomic mass is 32.2. The molecule has 0 atom stereocenters. The summed E-state index contributed by atoms with van der Waals surface area (Å²) >= 11 is 2.84. The van der Waals surface area contributed by atoms with Gasteiger partial charge in [-0.3, -0.25) is 9.59 Å². The van der Waals surface area contributed by atoms with Crippen LogP contribution >= 0.6 is 23.1 Å². The number of ketones is 1. The van der Waals surface area contributed by atoms with Crippen LogP contribution in [0.2, 0.25) is 0 Å². The van der Waals surface area contributed by atoms with E-state index >= 15 is 0 Å². The zero-order valence-corrected chi connectivity index (χ0v) is 15.8. The van der Waals surface area contributed by atoms with E-state index in [0.717, 1.165) is 10.7 Å². The van der Waals surface area contributed by atoms with Crippen LogP contribution in [0.4, 0.5) is 0 Å². The van der Waals surface area contributed by atoms with E-state index < -0.39 is 5.97 Å². The summed E-state index contributed by atoms with van der Waals surface area (Å²) in [5.41, 5.74) is 0.527. The van der Waals surface area contributed by atoms with Gasteiger partial charge in [-0.1, -0.05) is 48.2 Å². The van der Waals surface area contributed by atoms with Crippen molar-refractivity contribution in [1.82, 2.24) is 14.8 Å². The summed E-state index contributed by atoms with van der Waals surface area (Å²) in [5.74, 6) is 0.186. The highest BCUT2D eigenvalue weighted by Crippen LogP contribution is 2.27. The largest absolute Gasteiger partial charge is 0.457 e. The van der Waals surface area contributed by atoms with Gasteiger partial charge in [0.05, 0.1) is 10.6 Å². The normalized spacial score (nSPS) is 10.7. The van der Waals surface area contributed by atoms with Crippen molar-refractivity contribution < 1.29 is 14.3 Å². The second-order valence-corrected chi connectivity index (χ2v) is 7.16. The third kappa shape index (κ3) is 4.39. The molecule has 8 heteroatoms. The zero-order chi connectivity index (χ0) is 18.4. The lowest BCUT2D eigenvalue weighted by Crippen LogP contribution is -2.15. The minimum Gasteiger partial charge on any atom is -0.457 e. The number of rotatable bonds is 8. The molecule has 0 radical (unpaired) electrons. The third-order valence-corrected chi connectivity index (χ3v) is 5.36. The summed E-state index contributed by atoms with van der Waals surface area (Å²) in [4.78, 5) is 24.9. The molecule has 134 valence electrons. The fourth-order valence-corrected chi connectivity index (χ4v) is 3.80. The standard InChI is InChI=1S/C18H17N3O3S2/c1-2-21-17(15-9-6-10-25-15)19-20-18(21)26-12-16(23)24-11-14(22)13-7-4-3-5-8-13/h3-10H,2,11-12H2,1H3. The van der Waals surface area contributed by atoms with E-state index in [2.05, 4.69) is 10.2 Å². The minimum atomic E-state index is -0.456. The molecule has 0 aliphatic rings. The number of thioether (sulfide) groups is 1. The maximum absolute atomic E-state index is 11.9. The monoisotopic (exact) mass is 387 g/mol. The fraction of sp³-hybridized carbons (Fsp3) is 0.222. The first kappa shape index (κ1) is 18.3. The van der Waals surface area contributed by atoms with Crippen LogP contribution in [-0.2, 0) is 16.1 Å². The smallest absolute Gasteiger partial charge is 0.316 e. The van der Waals surface area contributed by atoms with Crippen LogP contribution in [0.15, 0.2) is 53.0 Å². The number of hydrogen-bond acceptors (Lipinski definition) is 7. The Hall–Kier alpha value is -2.45. The van der Waals surface area contributed by atoms with E-state index in [1.807, 2.05) is 35.1 Å². The number of nitrogens with zero attached hydrogens (tertiary/aromatic N) is 3. The first-order chi connectivity index (χ1) is 12.7. The molecule has 3 rings (SSSR count). The van der Waals surface area contributed by atoms with Crippen molar-refractivity contribution in [1.29, 1.82) is 0 Å². The highest BCUT2D eigenvalue weighted by Gasteiger charge is 2.16. The highest BCUT2D eigenvalue weighted by molar-refractivity contribution is 7.99. The topological polar surface area (TPSA) is 74.1 Å². The number of esters is 1. The maximum Gasteiger partial charge on any atom is 0.316 e. The fourth-order valence-electron chi connectivity index (χ4n) is 2.29. The Morgan fingerprint density at radius 2 is 1.96 bits per heavy atom. The van der Waals surface area contributed by atoms with Gasteiger partial charge in [0.1, 0.15) is 0 Å². The molecule has 0 aliphatic heterocycles. The molecule has 0 unspecified atom stereocenters. The number of Topliss-reactive ketones (excluding diaryl/α,β-unsaturated/α-hetero) is 1. The third-order valence-electron chi connectivity index (χ3n) is 3.55. The summed E-state index contributed by atoms with van der Waals surface area (Å²) in [5, 5.41) is 11.0.